The molecule has 0 aliphatic rings. The molecule has 1 aromatic carbocycles. The number of fused-ring (bicyclic) bond motifs is 1. The minimum atomic E-state index is -0.00955. The maximum atomic E-state index is 11.4. The van der Waals surface area contributed by atoms with Gasteiger partial charge in [-0.05, 0) is 18.6 Å². The Bertz CT molecular complexity index is 533. The molecule has 0 spiro atoms. The standard InChI is InChI=1S/C13H15ClN2O/c1-9-11(8-15-13(17)6-7-14)10-4-2-3-5-12(10)16-9/h2-5,16H,6-8H2,1H3,(H,15,17). The number of nitrogens with one attached hydrogen (secondary N) is 2. The average Bonchev–Trinajstić information content (AvgIpc) is 2.62. The van der Waals surface area contributed by atoms with Crippen molar-refractivity contribution < 1.29 is 4.79 Å². The van der Waals surface area contributed by atoms with Crippen molar-refractivity contribution in [3.8, 4) is 0 Å². The van der Waals surface area contributed by atoms with Gasteiger partial charge in [-0.1, -0.05) is 18.2 Å². The highest BCUT2D eigenvalue weighted by atomic mass is 35.5. The second-order valence-electron chi connectivity index (χ2n) is 3.99. The van der Waals surface area contributed by atoms with Crippen LogP contribution in [0.4, 0.5) is 0 Å². The number of hydrogen-bond acceptors (Lipinski definition) is 1. The molecule has 3 nitrogen and oxygen atoms in total. The Morgan fingerprint density at radius 1 is 1.41 bits per heavy atom. The number of benzene rings is 1. The zero-order chi connectivity index (χ0) is 12.3. The predicted molar refractivity (Wildman–Crippen MR) is 70.2 cm³/mol. The van der Waals surface area contributed by atoms with Gasteiger partial charge in [-0.3, -0.25) is 4.79 Å². The summed E-state index contributed by atoms with van der Waals surface area (Å²) in [7, 11) is 0. The number of para-hydroxylation sites is 1. The molecule has 1 amide bonds. The highest BCUT2D eigenvalue weighted by Gasteiger charge is 2.08. The van der Waals surface area contributed by atoms with E-state index in [2.05, 4.69) is 16.4 Å². The van der Waals surface area contributed by atoms with E-state index in [0.29, 0.717) is 18.8 Å². The van der Waals surface area contributed by atoms with Crippen LogP contribution in [0.1, 0.15) is 17.7 Å². The molecule has 2 rings (SSSR count). The van der Waals surface area contributed by atoms with Gasteiger partial charge in [-0.2, -0.15) is 0 Å². The van der Waals surface area contributed by atoms with Crippen LogP contribution in [0.5, 0.6) is 0 Å². The Morgan fingerprint density at radius 3 is 2.94 bits per heavy atom. The van der Waals surface area contributed by atoms with Gasteiger partial charge in [0.2, 0.25) is 5.91 Å². The van der Waals surface area contributed by atoms with Crippen LogP contribution in [0.3, 0.4) is 0 Å². The van der Waals surface area contributed by atoms with E-state index in [0.717, 1.165) is 22.2 Å². The zero-order valence-corrected chi connectivity index (χ0v) is 10.5. The Balaban J connectivity index is 2.18. The molecule has 0 bridgehead atoms. The molecule has 2 N–H and O–H groups in total. The molecule has 0 saturated carbocycles. The second-order valence-corrected chi connectivity index (χ2v) is 4.37. The number of aryl methyl sites for hydroxylation is 1. The third-order valence-corrected chi connectivity index (χ3v) is 3.00. The summed E-state index contributed by atoms with van der Waals surface area (Å²) in [5.74, 6) is 0.350. The molecule has 2 aromatic rings. The topological polar surface area (TPSA) is 44.9 Å². The number of hydrogen-bond donors (Lipinski definition) is 2. The summed E-state index contributed by atoms with van der Waals surface area (Å²) in [6.07, 6.45) is 0.364. The van der Waals surface area contributed by atoms with Crippen LogP contribution in [0, 0.1) is 6.92 Å². The van der Waals surface area contributed by atoms with E-state index in [9.17, 15) is 4.79 Å². The van der Waals surface area contributed by atoms with Crippen LogP contribution in [0.2, 0.25) is 0 Å². The highest BCUT2D eigenvalue weighted by molar-refractivity contribution is 6.18. The lowest BCUT2D eigenvalue weighted by molar-refractivity contribution is -0.120. The van der Waals surface area contributed by atoms with Crippen molar-refractivity contribution in [1.29, 1.82) is 0 Å². The maximum Gasteiger partial charge on any atom is 0.221 e. The summed E-state index contributed by atoms with van der Waals surface area (Å²) in [6.45, 7) is 2.56. The number of halogens is 1. The Hall–Kier alpha value is -1.48. The fourth-order valence-electron chi connectivity index (χ4n) is 1.92. The fourth-order valence-corrected chi connectivity index (χ4v) is 2.10. The summed E-state index contributed by atoms with van der Waals surface area (Å²) < 4.78 is 0. The lowest BCUT2D eigenvalue weighted by Crippen LogP contribution is -2.22. The molecular weight excluding hydrogens is 236 g/mol. The predicted octanol–water partition coefficient (Wildman–Crippen LogP) is 2.72. The van der Waals surface area contributed by atoms with Crippen molar-refractivity contribution in [3.05, 3.63) is 35.5 Å². The molecule has 1 heterocycles. The molecule has 0 saturated heterocycles. The van der Waals surface area contributed by atoms with E-state index >= 15 is 0 Å². The van der Waals surface area contributed by atoms with Crippen LogP contribution in [0.15, 0.2) is 24.3 Å². The van der Waals surface area contributed by atoms with Crippen molar-refractivity contribution in [1.82, 2.24) is 10.3 Å². The van der Waals surface area contributed by atoms with Gasteiger partial charge in [0.15, 0.2) is 0 Å². The van der Waals surface area contributed by atoms with E-state index < -0.39 is 0 Å². The molecule has 0 unspecified atom stereocenters. The van der Waals surface area contributed by atoms with Crippen LogP contribution in [-0.2, 0) is 11.3 Å². The monoisotopic (exact) mass is 250 g/mol. The van der Waals surface area contributed by atoms with Crippen molar-refractivity contribution in [2.45, 2.75) is 19.9 Å². The number of alkyl halides is 1. The normalized spacial score (nSPS) is 10.7. The largest absolute Gasteiger partial charge is 0.358 e. The summed E-state index contributed by atoms with van der Waals surface area (Å²) in [5.41, 5.74) is 3.34. The van der Waals surface area contributed by atoms with Crippen LogP contribution >= 0.6 is 11.6 Å². The van der Waals surface area contributed by atoms with Crippen LogP contribution in [-0.4, -0.2) is 16.8 Å². The number of carbonyl (C=O) groups is 1. The Kier molecular flexibility index (Phi) is 3.69. The molecular formula is C13H15ClN2O. The number of aromatic nitrogens is 1. The first-order chi connectivity index (χ1) is 8.22. The number of amides is 1. The molecule has 17 heavy (non-hydrogen) atoms. The first-order valence-electron chi connectivity index (χ1n) is 5.61. The van der Waals surface area contributed by atoms with Gasteiger partial charge in [-0.15, -0.1) is 11.6 Å². The van der Waals surface area contributed by atoms with Crippen molar-refractivity contribution in [2.75, 3.05) is 5.88 Å². The summed E-state index contributed by atoms with van der Waals surface area (Å²) >= 11 is 5.52. The smallest absolute Gasteiger partial charge is 0.221 e. The van der Waals surface area contributed by atoms with Gasteiger partial charge in [0.1, 0.15) is 0 Å². The number of rotatable bonds is 4. The quantitative estimate of drug-likeness (QED) is 0.806. The van der Waals surface area contributed by atoms with Gasteiger partial charge in [0.05, 0.1) is 0 Å². The molecule has 0 atom stereocenters. The van der Waals surface area contributed by atoms with E-state index in [-0.39, 0.29) is 5.91 Å². The van der Waals surface area contributed by atoms with Gasteiger partial charge in [0, 0.05) is 35.4 Å². The number of H-pyrrole nitrogens is 1. The first kappa shape index (κ1) is 12.0. The fraction of sp³-hybridized carbons (Fsp3) is 0.308. The second kappa shape index (κ2) is 5.23. The molecule has 1 aromatic heterocycles. The first-order valence-corrected chi connectivity index (χ1v) is 6.14. The van der Waals surface area contributed by atoms with Crippen molar-refractivity contribution in [3.63, 3.8) is 0 Å². The Labute approximate surface area is 105 Å². The van der Waals surface area contributed by atoms with Gasteiger partial charge in [-0.25, -0.2) is 0 Å². The minimum absolute atomic E-state index is 0.00955. The molecule has 0 radical (unpaired) electrons. The van der Waals surface area contributed by atoms with E-state index in [1.807, 2.05) is 25.1 Å². The molecule has 0 fully saturated rings. The zero-order valence-electron chi connectivity index (χ0n) is 9.72. The van der Waals surface area contributed by atoms with Crippen molar-refractivity contribution >= 4 is 28.4 Å². The van der Waals surface area contributed by atoms with Gasteiger partial charge < -0.3 is 10.3 Å². The lowest BCUT2D eigenvalue weighted by Gasteiger charge is -2.04. The number of aromatic amines is 1. The van der Waals surface area contributed by atoms with E-state index in [1.54, 1.807) is 0 Å². The molecule has 4 heteroatoms. The van der Waals surface area contributed by atoms with Gasteiger partial charge in [0.25, 0.3) is 0 Å². The molecule has 0 aliphatic heterocycles. The van der Waals surface area contributed by atoms with E-state index in [1.165, 1.54) is 0 Å². The van der Waals surface area contributed by atoms with Crippen LogP contribution in [0.25, 0.3) is 10.9 Å². The SMILES string of the molecule is Cc1[nH]c2ccccc2c1CNC(=O)CCCl. The maximum absolute atomic E-state index is 11.4. The summed E-state index contributed by atoms with van der Waals surface area (Å²) in [4.78, 5) is 14.7. The molecule has 90 valence electrons. The molecule has 0 aliphatic carbocycles. The number of carbonyl (C=O) groups excluding carboxylic acids is 1. The third kappa shape index (κ3) is 2.61. The third-order valence-electron chi connectivity index (χ3n) is 2.81. The minimum Gasteiger partial charge on any atom is -0.358 e. The Morgan fingerprint density at radius 2 is 2.18 bits per heavy atom. The van der Waals surface area contributed by atoms with E-state index in [4.69, 9.17) is 11.6 Å². The van der Waals surface area contributed by atoms with Gasteiger partial charge >= 0.3 is 0 Å². The summed E-state index contributed by atoms with van der Waals surface area (Å²) in [5, 5.41) is 4.04. The average molecular weight is 251 g/mol. The summed E-state index contributed by atoms with van der Waals surface area (Å²) in [6, 6.07) is 8.09. The highest BCUT2D eigenvalue weighted by Crippen LogP contribution is 2.21. The van der Waals surface area contributed by atoms with Crippen molar-refractivity contribution in [2.24, 2.45) is 0 Å². The van der Waals surface area contributed by atoms with Crippen LogP contribution < -0.4 is 5.32 Å². The lowest BCUT2D eigenvalue weighted by atomic mass is 10.1.